The summed E-state index contributed by atoms with van der Waals surface area (Å²) in [4.78, 5) is 14.7. The quantitative estimate of drug-likeness (QED) is 0.645. The maximum absolute atomic E-state index is 12.8. The van der Waals surface area contributed by atoms with E-state index in [-0.39, 0.29) is 5.91 Å². The average Bonchev–Trinajstić information content (AvgIpc) is 3.52. The van der Waals surface area contributed by atoms with Gasteiger partial charge in [0.25, 0.3) is 0 Å². The van der Waals surface area contributed by atoms with E-state index >= 15 is 0 Å². The van der Waals surface area contributed by atoms with Crippen LogP contribution in [0.3, 0.4) is 0 Å². The maximum Gasteiger partial charge on any atom is 0.222 e. The lowest BCUT2D eigenvalue weighted by Crippen LogP contribution is -2.34. The molecule has 2 heterocycles. The Balaban J connectivity index is 1.67. The summed E-state index contributed by atoms with van der Waals surface area (Å²) in [5.74, 6) is 4.67. The van der Waals surface area contributed by atoms with Gasteiger partial charge < -0.3 is 19.1 Å². The summed E-state index contributed by atoms with van der Waals surface area (Å²) in [5.41, 5.74) is 1.79. The highest BCUT2D eigenvalue weighted by molar-refractivity contribution is 5.76. The third-order valence-corrected chi connectivity index (χ3v) is 5.45. The minimum Gasteiger partial charge on any atom is -0.493 e. The molecule has 0 atom stereocenters. The van der Waals surface area contributed by atoms with Crippen LogP contribution in [-0.2, 0) is 17.6 Å². The van der Waals surface area contributed by atoms with E-state index in [0.29, 0.717) is 56.0 Å². The second kappa shape index (κ2) is 8.51. The fourth-order valence-electron chi connectivity index (χ4n) is 3.76. The van der Waals surface area contributed by atoms with E-state index in [2.05, 4.69) is 16.1 Å². The van der Waals surface area contributed by atoms with Crippen LogP contribution in [0.1, 0.15) is 36.8 Å². The van der Waals surface area contributed by atoms with Gasteiger partial charge in [0.15, 0.2) is 17.2 Å². The first kappa shape index (κ1) is 20.0. The van der Waals surface area contributed by atoms with Crippen LogP contribution in [0.4, 0.5) is 0 Å². The molecular formula is C21H27N3O4. The number of fused-ring (bicyclic) bond motifs is 1. The first-order valence-electron chi connectivity index (χ1n) is 9.53. The van der Waals surface area contributed by atoms with Crippen molar-refractivity contribution < 1.29 is 19.0 Å². The third kappa shape index (κ3) is 4.06. The average molecular weight is 385 g/mol. The zero-order valence-electron chi connectivity index (χ0n) is 16.8. The molecule has 28 heavy (non-hydrogen) atoms. The van der Waals surface area contributed by atoms with Gasteiger partial charge in [-0.3, -0.25) is 4.79 Å². The monoisotopic (exact) mass is 385 g/mol. The second-order valence-corrected chi connectivity index (χ2v) is 7.05. The minimum atomic E-state index is -0.416. The van der Waals surface area contributed by atoms with Gasteiger partial charge in [0.2, 0.25) is 11.7 Å². The Bertz CT molecular complexity index is 807. The van der Waals surface area contributed by atoms with Crippen molar-refractivity contribution in [2.24, 2.45) is 10.2 Å². The van der Waals surface area contributed by atoms with Gasteiger partial charge in [-0.1, -0.05) is 0 Å². The van der Waals surface area contributed by atoms with Crippen LogP contribution < -0.4 is 14.2 Å². The van der Waals surface area contributed by atoms with Gasteiger partial charge >= 0.3 is 0 Å². The Morgan fingerprint density at radius 3 is 2.46 bits per heavy atom. The van der Waals surface area contributed by atoms with Crippen molar-refractivity contribution in [1.29, 1.82) is 0 Å². The summed E-state index contributed by atoms with van der Waals surface area (Å²) in [6, 6.07) is 1.99. The number of carbonyl (C=O) groups is 1. The summed E-state index contributed by atoms with van der Waals surface area (Å²) in [5, 5.41) is 8.23. The summed E-state index contributed by atoms with van der Waals surface area (Å²) in [6.07, 6.45) is 9.18. The Labute approximate surface area is 166 Å². The lowest BCUT2D eigenvalue weighted by atomic mass is 10.0. The molecule has 0 spiro atoms. The lowest BCUT2D eigenvalue weighted by Gasteiger charge is -2.21. The van der Waals surface area contributed by atoms with E-state index in [1.165, 1.54) is 0 Å². The first-order valence-corrected chi connectivity index (χ1v) is 9.53. The van der Waals surface area contributed by atoms with Crippen LogP contribution >= 0.6 is 0 Å². The fraction of sp³-hybridized carbons (Fsp3) is 0.571. The molecule has 3 rings (SSSR count). The van der Waals surface area contributed by atoms with Crippen molar-refractivity contribution in [2.45, 2.75) is 44.2 Å². The van der Waals surface area contributed by atoms with E-state index in [1.54, 1.807) is 21.3 Å². The topological polar surface area (TPSA) is 72.7 Å². The SMILES string of the molecule is C#CCCC1(CCC(=O)N2CCc3cc(OC)c(OC)c(OC)c3CC2)N=N1. The Kier molecular flexibility index (Phi) is 6.08. The molecule has 0 unspecified atom stereocenters. The standard InChI is InChI=1S/C21H27N3O4/c1-5-6-10-21(22-23-21)11-7-18(25)24-12-8-15-14-17(26-2)20(28-4)19(27-3)16(15)9-13-24/h1,14H,6-13H2,2-4H3. The number of ether oxygens (including phenoxy) is 3. The van der Waals surface area contributed by atoms with Crippen molar-refractivity contribution in [3.8, 4) is 29.6 Å². The molecule has 0 aliphatic carbocycles. The van der Waals surface area contributed by atoms with E-state index in [9.17, 15) is 4.79 Å². The van der Waals surface area contributed by atoms with Gasteiger partial charge in [-0.15, -0.1) is 12.3 Å². The molecule has 0 fully saturated rings. The minimum absolute atomic E-state index is 0.128. The molecule has 1 aromatic carbocycles. The van der Waals surface area contributed by atoms with Gasteiger partial charge in [0.1, 0.15) is 0 Å². The predicted octanol–water partition coefficient (Wildman–Crippen LogP) is 3.00. The molecule has 0 bridgehead atoms. The van der Waals surface area contributed by atoms with Gasteiger partial charge in [0, 0.05) is 44.3 Å². The Morgan fingerprint density at radius 1 is 1.14 bits per heavy atom. The first-order chi connectivity index (χ1) is 13.6. The normalized spacial score (nSPS) is 16.6. The van der Waals surface area contributed by atoms with Gasteiger partial charge in [-0.05, 0) is 24.5 Å². The third-order valence-electron chi connectivity index (χ3n) is 5.45. The molecule has 0 saturated heterocycles. The van der Waals surface area contributed by atoms with Crippen molar-refractivity contribution in [3.05, 3.63) is 17.2 Å². The highest BCUT2D eigenvalue weighted by atomic mass is 16.5. The molecule has 150 valence electrons. The van der Waals surface area contributed by atoms with Crippen molar-refractivity contribution in [3.63, 3.8) is 0 Å². The summed E-state index contributed by atoms with van der Waals surface area (Å²) in [6.45, 7) is 1.30. The number of amides is 1. The number of terminal acetylenes is 1. The number of nitrogens with zero attached hydrogens (tertiary/aromatic N) is 3. The maximum atomic E-state index is 12.8. The number of hydrogen-bond donors (Lipinski definition) is 0. The molecular weight excluding hydrogens is 358 g/mol. The van der Waals surface area contributed by atoms with Gasteiger partial charge in [-0.2, -0.15) is 10.2 Å². The van der Waals surface area contributed by atoms with E-state index in [0.717, 1.165) is 24.0 Å². The highest BCUT2D eigenvalue weighted by Gasteiger charge is 2.39. The number of hydrogen-bond acceptors (Lipinski definition) is 6. The van der Waals surface area contributed by atoms with Crippen LogP contribution in [0, 0.1) is 12.3 Å². The number of benzene rings is 1. The van der Waals surface area contributed by atoms with Crippen LogP contribution in [0.2, 0.25) is 0 Å². The summed E-state index contributed by atoms with van der Waals surface area (Å²) >= 11 is 0. The van der Waals surface area contributed by atoms with E-state index < -0.39 is 5.66 Å². The molecule has 1 aromatic rings. The number of methoxy groups -OCH3 is 3. The molecule has 0 N–H and O–H groups in total. The zero-order chi connectivity index (χ0) is 20.1. The molecule has 0 aromatic heterocycles. The number of rotatable bonds is 8. The van der Waals surface area contributed by atoms with E-state index in [1.807, 2.05) is 11.0 Å². The highest BCUT2D eigenvalue weighted by Crippen LogP contribution is 2.43. The molecule has 1 amide bonds. The van der Waals surface area contributed by atoms with Crippen molar-refractivity contribution in [2.75, 3.05) is 34.4 Å². The molecule has 2 aliphatic heterocycles. The lowest BCUT2D eigenvalue weighted by molar-refractivity contribution is -0.131. The van der Waals surface area contributed by atoms with E-state index in [4.69, 9.17) is 20.6 Å². The zero-order valence-corrected chi connectivity index (χ0v) is 16.8. The Morgan fingerprint density at radius 2 is 1.86 bits per heavy atom. The predicted molar refractivity (Wildman–Crippen MR) is 105 cm³/mol. The summed E-state index contributed by atoms with van der Waals surface area (Å²) < 4.78 is 16.6. The smallest absolute Gasteiger partial charge is 0.222 e. The molecule has 0 radical (unpaired) electrons. The number of carbonyl (C=O) groups excluding carboxylic acids is 1. The molecule has 0 saturated carbocycles. The molecule has 2 aliphatic rings. The largest absolute Gasteiger partial charge is 0.493 e. The molecule has 7 heteroatoms. The van der Waals surface area contributed by atoms with Crippen molar-refractivity contribution >= 4 is 5.91 Å². The van der Waals surface area contributed by atoms with Crippen LogP contribution in [0.5, 0.6) is 17.2 Å². The summed E-state index contributed by atoms with van der Waals surface area (Å²) in [7, 11) is 4.84. The van der Waals surface area contributed by atoms with Crippen molar-refractivity contribution in [1.82, 2.24) is 4.90 Å². The van der Waals surface area contributed by atoms with Crippen LogP contribution in [0.25, 0.3) is 0 Å². The second-order valence-electron chi connectivity index (χ2n) is 7.05. The van der Waals surface area contributed by atoms with Crippen LogP contribution in [-0.4, -0.2) is 50.9 Å². The fourth-order valence-corrected chi connectivity index (χ4v) is 3.76. The molecule has 7 nitrogen and oxygen atoms in total. The Hall–Kier alpha value is -2.75. The van der Waals surface area contributed by atoms with Gasteiger partial charge in [0.05, 0.1) is 21.3 Å². The van der Waals surface area contributed by atoms with Gasteiger partial charge in [-0.25, -0.2) is 0 Å². The van der Waals surface area contributed by atoms with Crippen LogP contribution in [0.15, 0.2) is 16.3 Å².